The molecule has 0 spiro atoms. The van der Waals surface area contributed by atoms with Gasteiger partial charge in [-0.1, -0.05) is 17.7 Å². The molecule has 1 aromatic rings. The van der Waals surface area contributed by atoms with Gasteiger partial charge in [-0.25, -0.2) is 4.79 Å². The molecule has 0 aromatic heterocycles. The number of amides is 1. The van der Waals surface area contributed by atoms with Gasteiger partial charge in [-0.15, -0.1) is 0 Å². The van der Waals surface area contributed by atoms with Gasteiger partial charge in [0.1, 0.15) is 5.56 Å². The number of esters is 1. The molecule has 0 saturated carbocycles. The third-order valence-corrected chi connectivity index (χ3v) is 2.65. The molecule has 19 heavy (non-hydrogen) atoms. The molecule has 0 bridgehead atoms. The highest BCUT2D eigenvalue weighted by Crippen LogP contribution is 2.23. The van der Waals surface area contributed by atoms with Crippen LogP contribution in [0.2, 0.25) is 5.02 Å². The Kier molecular flexibility index (Phi) is 5.18. The van der Waals surface area contributed by atoms with E-state index in [1.165, 1.54) is 13.0 Å². The molecule has 0 radical (unpaired) electrons. The monoisotopic (exact) mass is 284 g/mol. The molecule has 0 fully saturated rings. The summed E-state index contributed by atoms with van der Waals surface area (Å²) < 4.78 is 5.05. The van der Waals surface area contributed by atoms with Crippen LogP contribution in [0.25, 0.3) is 0 Å². The molecule has 3 N–H and O–H groups in total. The van der Waals surface area contributed by atoms with E-state index in [1.807, 2.05) is 13.8 Å². The minimum atomic E-state index is -0.912. The van der Waals surface area contributed by atoms with E-state index in [-0.39, 0.29) is 28.2 Å². The molecule has 5 nitrogen and oxygen atoms in total. The Balaban J connectivity index is 2.77. The molecule has 1 aromatic carbocycles. The highest BCUT2D eigenvalue weighted by Gasteiger charge is 2.22. The number of nitrogen functional groups attached to an aromatic ring is 1. The van der Waals surface area contributed by atoms with Gasteiger partial charge in [0.15, 0.2) is 6.10 Å². The number of ether oxygens (including phenoxy) is 1. The summed E-state index contributed by atoms with van der Waals surface area (Å²) in [5.41, 5.74) is 5.96. The van der Waals surface area contributed by atoms with Crippen LogP contribution in [0.15, 0.2) is 18.2 Å². The highest BCUT2D eigenvalue weighted by atomic mass is 35.5. The SMILES string of the molecule is CC(C)NC(=O)C(C)OC(=O)c1c(N)cccc1Cl. The molecule has 0 aliphatic heterocycles. The maximum absolute atomic E-state index is 11.9. The predicted molar refractivity (Wildman–Crippen MR) is 74.0 cm³/mol. The number of benzene rings is 1. The molecule has 0 aliphatic rings. The van der Waals surface area contributed by atoms with Crippen molar-refractivity contribution in [2.45, 2.75) is 32.9 Å². The van der Waals surface area contributed by atoms with E-state index in [1.54, 1.807) is 12.1 Å². The summed E-state index contributed by atoms with van der Waals surface area (Å²) in [5, 5.41) is 2.84. The summed E-state index contributed by atoms with van der Waals surface area (Å²) in [4.78, 5) is 23.6. The van der Waals surface area contributed by atoms with Gasteiger partial charge in [-0.05, 0) is 32.9 Å². The first-order valence-corrected chi connectivity index (χ1v) is 6.26. The normalized spacial score (nSPS) is 12.1. The van der Waals surface area contributed by atoms with Gasteiger partial charge in [0, 0.05) is 11.7 Å². The maximum atomic E-state index is 11.9. The molecule has 6 heteroatoms. The molecule has 1 amide bonds. The topological polar surface area (TPSA) is 81.4 Å². The number of nitrogens with one attached hydrogen (secondary N) is 1. The summed E-state index contributed by atoms with van der Waals surface area (Å²) in [6.45, 7) is 5.12. The van der Waals surface area contributed by atoms with Crippen molar-refractivity contribution in [1.29, 1.82) is 0 Å². The molecule has 0 aliphatic carbocycles. The van der Waals surface area contributed by atoms with Crippen molar-refractivity contribution < 1.29 is 14.3 Å². The van der Waals surface area contributed by atoms with Crippen molar-refractivity contribution in [2.75, 3.05) is 5.73 Å². The second-order valence-electron chi connectivity index (χ2n) is 4.41. The van der Waals surface area contributed by atoms with Gasteiger partial charge in [-0.3, -0.25) is 4.79 Å². The van der Waals surface area contributed by atoms with Crippen LogP contribution in [-0.4, -0.2) is 24.0 Å². The zero-order valence-corrected chi connectivity index (χ0v) is 11.8. The van der Waals surface area contributed by atoms with Gasteiger partial charge in [0.05, 0.1) is 5.02 Å². The van der Waals surface area contributed by atoms with Crippen LogP contribution >= 0.6 is 11.6 Å². The summed E-state index contributed by atoms with van der Waals surface area (Å²) >= 11 is 5.89. The lowest BCUT2D eigenvalue weighted by molar-refractivity contribution is -0.129. The molecule has 1 atom stereocenters. The van der Waals surface area contributed by atoms with Crippen molar-refractivity contribution in [2.24, 2.45) is 0 Å². The largest absolute Gasteiger partial charge is 0.449 e. The lowest BCUT2D eigenvalue weighted by Gasteiger charge is -2.16. The Morgan fingerprint density at radius 1 is 1.32 bits per heavy atom. The third-order valence-electron chi connectivity index (χ3n) is 2.33. The summed E-state index contributed by atoms with van der Waals surface area (Å²) in [6, 6.07) is 4.68. The van der Waals surface area contributed by atoms with Crippen molar-refractivity contribution in [3.8, 4) is 0 Å². The van der Waals surface area contributed by atoms with Crippen LogP contribution in [0, 0.1) is 0 Å². The highest BCUT2D eigenvalue weighted by molar-refractivity contribution is 6.34. The smallest absolute Gasteiger partial charge is 0.342 e. The number of hydrogen-bond donors (Lipinski definition) is 2. The Labute approximate surface area is 117 Å². The van der Waals surface area contributed by atoms with Crippen molar-refractivity contribution in [3.63, 3.8) is 0 Å². The molecule has 1 rings (SSSR count). The lowest BCUT2D eigenvalue weighted by Crippen LogP contribution is -2.39. The molecule has 0 heterocycles. The summed E-state index contributed by atoms with van der Waals surface area (Å²) in [7, 11) is 0. The van der Waals surface area contributed by atoms with E-state index in [4.69, 9.17) is 22.1 Å². The predicted octanol–water partition coefficient (Wildman–Crippen LogP) is 1.99. The van der Waals surface area contributed by atoms with E-state index in [9.17, 15) is 9.59 Å². The Hall–Kier alpha value is -1.75. The molecule has 104 valence electrons. The van der Waals surface area contributed by atoms with Crippen LogP contribution in [0.1, 0.15) is 31.1 Å². The van der Waals surface area contributed by atoms with Crippen LogP contribution in [-0.2, 0) is 9.53 Å². The quantitative estimate of drug-likeness (QED) is 0.654. The fourth-order valence-corrected chi connectivity index (χ4v) is 1.69. The lowest BCUT2D eigenvalue weighted by atomic mass is 10.2. The van der Waals surface area contributed by atoms with E-state index >= 15 is 0 Å². The van der Waals surface area contributed by atoms with Gasteiger partial charge in [0.2, 0.25) is 0 Å². The second kappa shape index (κ2) is 6.43. The van der Waals surface area contributed by atoms with Gasteiger partial charge >= 0.3 is 5.97 Å². The van der Waals surface area contributed by atoms with Crippen LogP contribution in [0.5, 0.6) is 0 Å². The Bertz CT molecular complexity index is 469. The first-order valence-electron chi connectivity index (χ1n) is 5.88. The number of carbonyl (C=O) groups excluding carboxylic acids is 2. The fraction of sp³-hybridized carbons (Fsp3) is 0.385. The molecular weight excluding hydrogens is 268 g/mol. The number of carbonyl (C=O) groups is 2. The first kappa shape index (κ1) is 15.3. The standard InChI is InChI=1S/C13H17ClN2O3/c1-7(2)16-12(17)8(3)19-13(18)11-9(14)5-4-6-10(11)15/h4-8H,15H2,1-3H3,(H,16,17). The Morgan fingerprint density at radius 2 is 1.95 bits per heavy atom. The van der Waals surface area contributed by atoms with Crippen molar-refractivity contribution in [3.05, 3.63) is 28.8 Å². The number of hydrogen-bond acceptors (Lipinski definition) is 4. The van der Waals surface area contributed by atoms with Crippen LogP contribution in [0.3, 0.4) is 0 Å². The van der Waals surface area contributed by atoms with Crippen molar-refractivity contribution >= 4 is 29.2 Å². The van der Waals surface area contributed by atoms with E-state index in [2.05, 4.69) is 5.32 Å². The van der Waals surface area contributed by atoms with E-state index in [0.29, 0.717) is 0 Å². The summed E-state index contributed by atoms with van der Waals surface area (Å²) in [6.07, 6.45) is -0.912. The summed E-state index contributed by atoms with van der Waals surface area (Å²) in [5.74, 6) is -1.08. The maximum Gasteiger partial charge on any atom is 0.342 e. The van der Waals surface area contributed by atoms with Crippen LogP contribution < -0.4 is 11.1 Å². The molecule has 1 unspecified atom stereocenters. The zero-order valence-electron chi connectivity index (χ0n) is 11.1. The van der Waals surface area contributed by atoms with E-state index < -0.39 is 12.1 Å². The molecule has 0 saturated heterocycles. The van der Waals surface area contributed by atoms with Gasteiger partial charge in [-0.2, -0.15) is 0 Å². The first-order chi connectivity index (χ1) is 8.82. The molecular formula is C13H17ClN2O3. The number of nitrogens with two attached hydrogens (primary N) is 1. The zero-order chi connectivity index (χ0) is 14.6. The number of anilines is 1. The fourth-order valence-electron chi connectivity index (χ4n) is 1.43. The average Bonchev–Trinajstić information content (AvgIpc) is 2.27. The number of rotatable bonds is 4. The van der Waals surface area contributed by atoms with Crippen molar-refractivity contribution in [1.82, 2.24) is 5.32 Å². The van der Waals surface area contributed by atoms with Gasteiger partial charge < -0.3 is 15.8 Å². The van der Waals surface area contributed by atoms with Crippen LogP contribution in [0.4, 0.5) is 5.69 Å². The minimum Gasteiger partial charge on any atom is -0.449 e. The number of halogens is 1. The second-order valence-corrected chi connectivity index (χ2v) is 4.82. The Morgan fingerprint density at radius 3 is 2.47 bits per heavy atom. The third kappa shape index (κ3) is 4.13. The van der Waals surface area contributed by atoms with Gasteiger partial charge in [0.25, 0.3) is 5.91 Å². The minimum absolute atomic E-state index is 0.0287. The average molecular weight is 285 g/mol. The van der Waals surface area contributed by atoms with E-state index in [0.717, 1.165) is 0 Å².